The number of rotatable bonds is 6. The molecule has 0 aliphatic carbocycles. The summed E-state index contributed by atoms with van der Waals surface area (Å²) in [5, 5.41) is 16.2. The van der Waals surface area contributed by atoms with Crippen molar-refractivity contribution in [3.8, 4) is 0 Å². The molecule has 2 amide bonds. The predicted octanol–water partition coefficient (Wildman–Crippen LogP) is 2.89. The average molecular weight is 348 g/mol. The van der Waals surface area contributed by atoms with Crippen LogP contribution in [0.5, 0.6) is 0 Å². The maximum atomic E-state index is 11.8. The lowest BCUT2D eigenvalue weighted by Gasteiger charge is -2.07. The largest absolute Gasteiger partial charge is 0.352 e. The van der Waals surface area contributed by atoms with Gasteiger partial charge in [-0.3, -0.25) is 19.7 Å². The second kappa shape index (κ2) is 8.07. The van der Waals surface area contributed by atoms with E-state index in [1.165, 1.54) is 24.3 Å². The second-order valence-corrected chi connectivity index (χ2v) is 5.37. The first-order valence-corrected chi connectivity index (χ1v) is 7.37. The normalized spacial score (nSPS) is 10.0. The summed E-state index contributed by atoms with van der Waals surface area (Å²) in [6, 6.07) is 12.4. The van der Waals surface area contributed by atoms with E-state index in [4.69, 9.17) is 11.6 Å². The fourth-order valence-electron chi connectivity index (χ4n) is 1.93. The van der Waals surface area contributed by atoms with E-state index in [2.05, 4.69) is 10.6 Å². The van der Waals surface area contributed by atoms with Gasteiger partial charge >= 0.3 is 0 Å². The Labute approximate surface area is 142 Å². The Morgan fingerprint density at radius 3 is 2.42 bits per heavy atom. The van der Waals surface area contributed by atoms with Gasteiger partial charge in [-0.05, 0) is 29.8 Å². The van der Waals surface area contributed by atoms with Gasteiger partial charge in [0.25, 0.3) is 5.69 Å². The van der Waals surface area contributed by atoms with Crippen molar-refractivity contribution in [2.75, 3.05) is 5.32 Å². The molecule has 2 N–H and O–H groups in total. The first kappa shape index (κ1) is 17.4. The number of nitro benzene ring substituents is 1. The van der Waals surface area contributed by atoms with Gasteiger partial charge in [0.1, 0.15) is 6.42 Å². The van der Waals surface area contributed by atoms with E-state index >= 15 is 0 Å². The molecule has 0 atom stereocenters. The molecule has 0 heterocycles. The summed E-state index contributed by atoms with van der Waals surface area (Å²) in [6.45, 7) is 0.268. The van der Waals surface area contributed by atoms with Crippen LogP contribution in [0.2, 0.25) is 5.02 Å². The molecular formula is C16H14ClN3O4. The Morgan fingerprint density at radius 1 is 1.08 bits per heavy atom. The van der Waals surface area contributed by atoms with Gasteiger partial charge in [-0.1, -0.05) is 23.7 Å². The van der Waals surface area contributed by atoms with Gasteiger partial charge in [-0.2, -0.15) is 0 Å². The van der Waals surface area contributed by atoms with Crippen LogP contribution in [0.3, 0.4) is 0 Å². The van der Waals surface area contributed by atoms with Crippen molar-refractivity contribution in [3.05, 3.63) is 69.2 Å². The number of nitro groups is 1. The van der Waals surface area contributed by atoms with Gasteiger partial charge in [0.05, 0.1) is 4.92 Å². The summed E-state index contributed by atoms with van der Waals surface area (Å²) in [4.78, 5) is 33.5. The molecular weight excluding hydrogens is 334 g/mol. The maximum Gasteiger partial charge on any atom is 0.269 e. The van der Waals surface area contributed by atoms with Crippen LogP contribution in [-0.2, 0) is 16.1 Å². The van der Waals surface area contributed by atoms with E-state index in [-0.39, 0.29) is 18.7 Å². The fourth-order valence-corrected chi connectivity index (χ4v) is 2.14. The molecule has 0 unspecified atom stereocenters. The number of halogens is 1. The molecule has 2 aromatic carbocycles. The van der Waals surface area contributed by atoms with E-state index in [0.717, 1.165) is 5.56 Å². The van der Waals surface area contributed by atoms with Gasteiger partial charge in [0.15, 0.2) is 0 Å². The summed E-state index contributed by atoms with van der Waals surface area (Å²) in [7, 11) is 0. The molecule has 0 saturated carbocycles. The zero-order valence-corrected chi connectivity index (χ0v) is 13.2. The Kier molecular flexibility index (Phi) is 5.86. The lowest BCUT2D eigenvalue weighted by Crippen LogP contribution is -2.27. The van der Waals surface area contributed by atoms with E-state index in [9.17, 15) is 19.7 Å². The summed E-state index contributed by atoms with van der Waals surface area (Å²) in [5.41, 5.74) is 1.13. The molecule has 0 fully saturated rings. The SMILES string of the molecule is O=C(CC(=O)Nc1ccc([N+](=O)[O-])cc1)NCc1cccc(Cl)c1. The molecule has 24 heavy (non-hydrogen) atoms. The Hall–Kier alpha value is -2.93. The van der Waals surface area contributed by atoms with E-state index in [1.807, 2.05) is 6.07 Å². The third kappa shape index (κ3) is 5.36. The molecule has 0 spiro atoms. The number of hydrogen-bond acceptors (Lipinski definition) is 4. The molecule has 7 nitrogen and oxygen atoms in total. The number of amides is 2. The van der Waals surface area contributed by atoms with Crippen LogP contribution in [0.15, 0.2) is 48.5 Å². The molecule has 8 heteroatoms. The molecule has 0 bridgehead atoms. The third-order valence-electron chi connectivity index (χ3n) is 3.06. The monoisotopic (exact) mass is 347 g/mol. The number of carbonyl (C=O) groups excluding carboxylic acids is 2. The summed E-state index contributed by atoms with van der Waals surface area (Å²) >= 11 is 5.85. The highest BCUT2D eigenvalue weighted by atomic mass is 35.5. The van der Waals surface area contributed by atoms with Gasteiger partial charge in [0, 0.05) is 29.4 Å². The molecule has 0 saturated heterocycles. The Bertz CT molecular complexity index is 762. The topological polar surface area (TPSA) is 101 Å². The number of benzene rings is 2. The molecule has 0 radical (unpaired) electrons. The van der Waals surface area contributed by atoms with E-state index in [1.54, 1.807) is 18.2 Å². The maximum absolute atomic E-state index is 11.8. The highest BCUT2D eigenvalue weighted by Crippen LogP contribution is 2.15. The van der Waals surface area contributed by atoms with Crippen molar-refractivity contribution in [2.24, 2.45) is 0 Å². The fraction of sp³-hybridized carbons (Fsp3) is 0.125. The second-order valence-electron chi connectivity index (χ2n) is 4.94. The van der Waals surface area contributed by atoms with Crippen LogP contribution < -0.4 is 10.6 Å². The highest BCUT2D eigenvalue weighted by molar-refractivity contribution is 6.30. The Balaban J connectivity index is 1.81. The average Bonchev–Trinajstić information content (AvgIpc) is 2.53. The van der Waals surface area contributed by atoms with Gasteiger partial charge in [-0.25, -0.2) is 0 Å². The smallest absolute Gasteiger partial charge is 0.269 e. The zero-order chi connectivity index (χ0) is 17.5. The van der Waals surface area contributed by atoms with Crippen molar-refractivity contribution >= 4 is 34.8 Å². The first-order chi connectivity index (χ1) is 11.4. The molecule has 0 aliphatic rings. The van der Waals surface area contributed by atoms with Crippen LogP contribution in [0.4, 0.5) is 11.4 Å². The number of nitrogens with zero attached hydrogens (tertiary/aromatic N) is 1. The summed E-state index contributed by atoms with van der Waals surface area (Å²) in [6.07, 6.45) is -0.350. The van der Waals surface area contributed by atoms with Crippen molar-refractivity contribution in [1.82, 2.24) is 5.32 Å². The standard InChI is InChI=1S/C16H14ClN3O4/c17-12-3-1-2-11(8-12)10-18-15(21)9-16(22)19-13-4-6-14(7-5-13)20(23)24/h1-8H,9-10H2,(H,18,21)(H,19,22). The predicted molar refractivity (Wildman–Crippen MR) is 89.6 cm³/mol. The molecule has 0 aromatic heterocycles. The van der Waals surface area contributed by atoms with Crippen LogP contribution in [0, 0.1) is 10.1 Å². The van der Waals surface area contributed by atoms with Crippen LogP contribution in [-0.4, -0.2) is 16.7 Å². The zero-order valence-electron chi connectivity index (χ0n) is 12.5. The lowest BCUT2D eigenvalue weighted by molar-refractivity contribution is -0.384. The minimum absolute atomic E-state index is 0.0766. The van der Waals surface area contributed by atoms with Gasteiger partial charge < -0.3 is 10.6 Å². The molecule has 0 aliphatic heterocycles. The van der Waals surface area contributed by atoms with Crippen LogP contribution in [0.25, 0.3) is 0 Å². The van der Waals surface area contributed by atoms with Crippen LogP contribution >= 0.6 is 11.6 Å². The minimum atomic E-state index is -0.533. The third-order valence-corrected chi connectivity index (χ3v) is 3.30. The van der Waals surface area contributed by atoms with Gasteiger partial charge in [0.2, 0.25) is 11.8 Å². The molecule has 2 aromatic rings. The molecule has 124 valence electrons. The molecule has 2 rings (SSSR count). The van der Waals surface area contributed by atoms with E-state index < -0.39 is 16.7 Å². The number of anilines is 1. The Morgan fingerprint density at radius 2 is 1.79 bits per heavy atom. The quantitative estimate of drug-likeness (QED) is 0.476. The van der Waals surface area contributed by atoms with Crippen molar-refractivity contribution < 1.29 is 14.5 Å². The van der Waals surface area contributed by atoms with Crippen LogP contribution in [0.1, 0.15) is 12.0 Å². The number of carbonyl (C=O) groups is 2. The number of non-ortho nitro benzene ring substituents is 1. The van der Waals surface area contributed by atoms with E-state index in [0.29, 0.717) is 10.7 Å². The van der Waals surface area contributed by atoms with Crippen molar-refractivity contribution in [2.45, 2.75) is 13.0 Å². The van der Waals surface area contributed by atoms with Gasteiger partial charge in [-0.15, -0.1) is 0 Å². The minimum Gasteiger partial charge on any atom is -0.352 e. The highest BCUT2D eigenvalue weighted by Gasteiger charge is 2.11. The summed E-state index contributed by atoms with van der Waals surface area (Å²) in [5.74, 6) is -0.943. The summed E-state index contributed by atoms with van der Waals surface area (Å²) < 4.78 is 0. The number of nitrogens with one attached hydrogen (secondary N) is 2. The number of hydrogen-bond donors (Lipinski definition) is 2. The van der Waals surface area contributed by atoms with Crippen molar-refractivity contribution in [1.29, 1.82) is 0 Å². The van der Waals surface area contributed by atoms with Crippen molar-refractivity contribution in [3.63, 3.8) is 0 Å². The first-order valence-electron chi connectivity index (χ1n) is 6.99. The lowest BCUT2D eigenvalue weighted by atomic mass is 10.2.